The lowest BCUT2D eigenvalue weighted by Crippen LogP contribution is -2.17. The number of anilines is 2. The Kier molecular flexibility index (Phi) is 6.07. The molecule has 12 heteroatoms. The van der Waals surface area contributed by atoms with Crippen LogP contribution >= 0.6 is 0 Å². The van der Waals surface area contributed by atoms with Crippen LogP contribution in [0.1, 0.15) is 6.92 Å². The maximum Gasteiger partial charge on any atom is 0.326 e. The summed E-state index contributed by atoms with van der Waals surface area (Å²) in [6, 6.07) is 14.4. The second-order valence-corrected chi connectivity index (χ2v) is 7.61. The number of esters is 1. The molecule has 0 atom stereocenters. The fraction of sp³-hybridized carbons (Fsp3) is 0.217. The normalized spacial score (nSPS) is 11.1. The smallest absolute Gasteiger partial charge is 0.326 e. The number of para-hydroxylation sites is 1. The molecule has 3 N–H and O–H groups in total. The lowest BCUT2D eigenvalue weighted by Gasteiger charge is -2.11. The molecule has 0 aliphatic heterocycles. The first-order chi connectivity index (χ1) is 17.1. The van der Waals surface area contributed by atoms with Gasteiger partial charge in [0.1, 0.15) is 17.8 Å². The topological polar surface area (TPSA) is 145 Å². The molecule has 12 nitrogen and oxygen atoms in total. The molecular weight excluding hydrogens is 450 g/mol. The number of phenols is 1. The van der Waals surface area contributed by atoms with E-state index in [0.717, 1.165) is 16.7 Å². The fourth-order valence-corrected chi connectivity index (χ4v) is 3.60. The maximum atomic E-state index is 12.1. The molecule has 0 saturated heterocycles. The number of nitrogens with zero attached hydrogens (tertiary/aromatic N) is 7. The lowest BCUT2D eigenvalue weighted by molar-refractivity contribution is -0.143. The summed E-state index contributed by atoms with van der Waals surface area (Å²) in [5, 5.41) is 24.4. The van der Waals surface area contributed by atoms with Gasteiger partial charge >= 0.3 is 5.97 Å². The number of aromatic hydroxyl groups is 1. The molecule has 3 aromatic heterocycles. The number of fused-ring (bicyclic) bond motifs is 2. The Bertz CT molecular complexity index is 1480. The lowest BCUT2D eigenvalue weighted by atomic mass is 10.3. The first kappa shape index (κ1) is 22.1. The fourth-order valence-electron chi connectivity index (χ4n) is 3.60. The van der Waals surface area contributed by atoms with Crippen LogP contribution in [-0.2, 0) is 16.1 Å². The monoisotopic (exact) mass is 473 g/mol. The van der Waals surface area contributed by atoms with Gasteiger partial charge in [0.05, 0.1) is 18.5 Å². The zero-order valence-electron chi connectivity index (χ0n) is 18.9. The summed E-state index contributed by atoms with van der Waals surface area (Å²) >= 11 is 0. The highest BCUT2D eigenvalue weighted by Crippen LogP contribution is 2.23. The van der Waals surface area contributed by atoms with Crippen LogP contribution in [0.25, 0.3) is 28.0 Å². The van der Waals surface area contributed by atoms with Crippen molar-refractivity contribution in [2.75, 3.05) is 30.3 Å². The van der Waals surface area contributed by atoms with Crippen LogP contribution in [0.3, 0.4) is 0 Å². The Morgan fingerprint density at radius 1 is 1.06 bits per heavy atom. The predicted octanol–water partition coefficient (Wildman–Crippen LogP) is 2.35. The summed E-state index contributed by atoms with van der Waals surface area (Å²) in [5.41, 5.74) is 3.32. The molecule has 0 spiro atoms. The third kappa shape index (κ3) is 4.67. The molecule has 0 amide bonds. The zero-order valence-corrected chi connectivity index (χ0v) is 18.9. The second kappa shape index (κ2) is 9.63. The summed E-state index contributed by atoms with van der Waals surface area (Å²) < 4.78 is 8.32. The van der Waals surface area contributed by atoms with Crippen molar-refractivity contribution >= 4 is 39.8 Å². The van der Waals surface area contributed by atoms with E-state index in [-0.39, 0.29) is 24.9 Å². The minimum atomic E-state index is -0.384. The first-order valence-corrected chi connectivity index (χ1v) is 11.1. The van der Waals surface area contributed by atoms with Crippen molar-refractivity contribution < 1.29 is 14.6 Å². The third-order valence-electron chi connectivity index (χ3n) is 5.21. The van der Waals surface area contributed by atoms with Gasteiger partial charge < -0.3 is 25.0 Å². The summed E-state index contributed by atoms with van der Waals surface area (Å²) in [6.45, 7) is 3.11. The van der Waals surface area contributed by atoms with Crippen molar-refractivity contribution in [3.05, 3.63) is 54.9 Å². The van der Waals surface area contributed by atoms with Crippen molar-refractivity contribution in [3.63, 3.8) is 0 Å². The van der Waals surface area contributed by atoms with E-state index in [1.54, 1.807) is 40.4 Å². The SMILES string of the molecule is CCOC(=O)Cn1cnc2c(-n3nnc4ccccc43)nc(NCCNc3ccc(O)cc3)nc21. The van der Waals surface area contributed by atoms with Gasteiger partial charge in [0.2, 0.25) is 5.95 Å². The number of rotatable bonds is 9. The number of nitrogens with one attached hydrogen (secondary N) is 2. The molecule has 0 radical (unpaired) electrons. The summed E-state index contributed by atoms with van der Waals surface area (Å²) in [7, 11) is 0. The van der Waals surface area contributed by atoms with Gasteiger partial charge in [-0.05, 0) is 43.3 Å². The van der Waals surface area contributed by atoms with Gasteiger partial charge in [-0.2, -0.15) is 14.6 Å². The summed E-state index contributed by atoms with van der Waals surface area (Å²) in [6.07, 6.45) is 1.54. The minimum Gasteiger partial charge on any atom is -0.508 e. The Morgan fingerprint density at radius 3 is 2.69 bits per heavy atom. The highest BCUT2D eigenvalue weighted by molar-refractivity contribution is 5.85. The molecule has 0 bridgehead atoms. The average Bonchev–Trinajstić information content (AvgIpc) is 3.47. The second-order valence-electron chi connectivity index (χ2n) is 7.61. The quantitative estimate of drug-likeness (QED) is 0.166. The molecule has 0 fully saturated rings. The van der Waals surface area contributed by atoms with E-state index in [2.05, 4.69) is 35.9 Å². The van der Waals surface area contributed by atoms with Crippen molar-refractivity contribution in [2.45, 2.75) is 13.5 Å². The zero-order chi connectivity index (χ0) is 24.2. The van der Waals surface area contributed by atoms with Crippen molar-refractivity contribution in [2.24, 2.45) is 0 Å². The van der Waals surface area contributed by atoms with E-state index in [4.69, 9.17) is 4.74 Å². The Morgan fingerprint density at radius 2 is 1.86 bits per heavy atom. The molecule has 35 heavy (non-hydrogen) atoms. The Balaban J connectivity index is 1.45. The first-order valence-electron chi connectivity index (χ1n) is 11.1. The molecule has 5 aromatic rings. The van der Waals surface area contributed by atoms with Crippen molar-refractivity contribution in [3.8, 4) is 11.6 Å². The molecule has 178 valence electrons. The molecular formula is C23H23N9O3. The minimum absolute atomic E-state index is 0.0270. The summed E-state index contributed by atoms with van der Waals surface area (Å²) in [5.74, 6) is 0.624. The van der Waals surface area contributed by atoms with Gasteiger partial charge in [0.25, 0.3) is 0 Å². The number of hydrogen-bond acceptors (Lipinski definition) is 10. The molecule has 0 aliphatic carbocycles. The number of aromatic nitrogens is 7. The van der Waals surface area contributed by atoms with Crippen molar-refractivity contribution in [1.82, 2.24) is 34.5 Å². The van der Waals surface area contributed by atoms with Gasteiger partial charge in [-0.3, -0.25) is 4.79 Å². The van der Waals surface area contributed by atoms with Gasteiger partial charge in [0, 0.05) is 18.8 Å². The van der Waals surface area contributed by atoms with E-state index in [1.807, 2.05) is 24.3 Å². The molecule has 0 aliphatic rings. The molecule has 0 saturated carbocycles. The largest absolute Gasteiger partial charge is 0.508 e. The van der Waals surface area contributed by atoms with Gasteiger partial charge in [-0.1, -0.05) is 17.3 Å². The van der Waals surface area contributed by atoms with Crippen LogP contribution in [0.4, 0.5) is 11.6 Å². The maximum absolute atomic E-state index is 12.1. The number of carbonyl (C=O) groups is 1. The molecule has 5 rings (SSSR count). The third-order valence-corrected chi connectivity index (χ3v) is 5.21. The van der Waals surface area contributed by atoms with Gasteiger partial charge in [-0.15, -0.1) is 5.10 Å². The van der Waals surface area contributed by atoms with E-state index in [9.17, 15) is 9.90 Å². The van der Waals surface area contributed by atoms with Crippen LogP contribution in [0.15, 0.2) is 54.9 Å². The van der Waals surface area contributed by atoms with Crippen molar-refractivity contribution in [1.29, 1.82) is 0 Å². The predicted molar refractivity (Wildman–Crippen MR) is 129 cm³/mol. The van der Waals surface area contributed by atoms with Crippen LogP contribution < -0.4 is 10.6 Å². The van der Waals surface area contributed by atoms with E-state index in [0.29, 0.717) is 36.0 Å². The van der Waals surface area contributed by atoms with Crippen LogP contribution in [-0.4, -0.2) is 65.3 Å². The average molecular weight is 473 g/mol. The number of carbonyl (C=O) groups excluding carboxylic acids is 1. The van der Waals surface area contributed by atoms with E-state index >= 15 is 0 Å². The highest BCUT2D eigenvalue weighted by Gasteiger charge is 2.19. The number of ether oxygens (including phenoxy) is 1. The van der Waals surface area contributed by atoms with E-state index < -0.39 is 0 Å². The molecule has 2 aromatic carbocycles. The Labute approximate surface area is 199 Å². The van der Waals surface area contributed by atoms with Gasteiger partial charge in [0.15, 0.2) is 17.0 Å². The van der Waals surface area contributed by atoms with Crippen LogP contribution in [0, 0.1) is 0 Å². The van der Waals surface area contributed by atoms with Crippen LogP contribution in [0.2, 0.25) is 0 Å². The standard InChI is InChI=1S/C23H23N9O3/c1-2-35-19(34)13-31-14-26-20-21(31)27-23(25-12-11-24-15-7-9-16(33)10-8-15)28-22(20)32-18-6-4-3-5-17(18)29-30-32/h3-10,14,24,33H,2,11-13H2,1H3,(H,25,27,28). The number of hydrogen-bond donors (Lipinski definition) is 3. The highest BCUT2D eigenvalue weighted by atomic mass is 16.5. The van der Waals surface area contributed by atoms with Crippen LogP contribution in [0.5, 0.6) is 5.75 Å². The Hall–Kier alpha value is -4.74. The summed E-state index contributed by atoms with van der Waals surface area (Å²) in [4.78, 5) is 25.8. The number of benzene rings is 2. The van der Waals surface area contributed by atoms with Gasteiger partial charge in [-0.25, -0.2) is 4.98 Å². The number of phenolic OH excluding ortho intramolecular Hbond substituents is 1. The molecule has 0 unspecified atom stereocenters. The van der Waals surface area contributed by atoms with E-state index in [1.165, 1.54) is 6.33 Å². The number of imidazole rings is 1. The molecule has 3 heterocycles.